The second kappa shape index (κ2) is 7.33. The topological polar surface area (TPSA) is 71.5 Å². The van der Waals surface area contributed by atoms with E-state index in [-0.39, 0.29) is 19.1 Å². The lowest BCUT2D eigenvalue weighted by atomic mass is 10.3. The molecule has 0 aliphatic heterocycles. The Labute approximate surface area is 121 Å². The number of hydrogen-bond donors (Lipinski definition) is 2. The number of aryl methyl sites for hydroxylation is 1. The van der Waals surface area contributed by atoms with E-state index in [9.17, 15) is 9.90 Å². The number of aromatic nitrogens is 1. The van der Waals surface area contributed by atoms with E-state index in [1.54, 1.807) is 11.3 Å². The Bertz CT molecular complexity index is 537. The third-order valence-electron chi connectivity index (χ3n) is 2.80. The number of para-hydroxylation sites is 1. The van der Waals surface area contributed by atoms with Gasteiger partial charge < -0.3 is 15.2 Å². The van der Waals surface area contributed by atoms with Gasteiger partial charge in [-0.05, 0) is 12.1 Å². The predicted octanol–water partition coefficient (Wildman–Crippen LogP) is 1.35. The Kier molecular flexibility index (Phi) is 5.46. The summed E-state index contributed by atoms with van der Waals surface area (Å²) in [6, 6.07) is 7.93. The molecule has 0 bridgehead atoms. The molecule has 108 valence electrons. The number of aliphatic hydroxyl groups excluding tert-OH is 1. The molecule has 20 heavy (non-hydrogen) atoms. The van der Waals surface area contributed by atoms with Crippen LogP contribution in [0.15, 0.2) is 24.3 Å². The zero-order valence-corrected chi connectivity index (χ0v) is 12.2. The third-order valence-corrected chi connectivity index (χ3v) is 3.89. The summed E-state index contributed by atoms with van der Waals surface area (Å²) >= 11 is 1.61. The number of fused-ring (bicyclic) bond motifs is 1. The van der Waals surface area contributed by atoms with E-state index in [1.807, 2.05) is 24.3 Å². The smallest absolute Gasteiger partial charge is 0.220 e. The molecule has 1 unspecified atom stereocenters. The van der Waals surface area contributed by atoms with E-state index >= 15 is 0 Å². The van der Waals surface area contributed by atoms with Gasteiger partial charge in [0.15, 0.2) is 0 Å². The Morgan fingerprint density at radius 1 is 1.50 bits per heavy atom. The molecule has 0 aliphatic carbocycles. The minimum absolute atomic E-state index is 0.0839. The van der Waals surface area contributed by atoms with Crippen LogP contribution >= 0.6 is 11.3 Å². The van der Waals surface area contributed by atoms with Crippen molar-refractivity contribution in [3.63, 3.8) is 0 Å². The van der Waals surface area contributed by atoms with Gasteiger partial charge in [0.25, 0.3) is 0 Å². The Morgan fingerprint density at radius 3 is 3.05 bits per heavy atom. The number of rotatable bonds is 7. The summed E-state index contributed by atoms with van der Waals surface area (Å²) in [6.07, 6.45) is 0.330. The first-order chi connectivity index (χ1) is 9.69. The molecule has 0 fully saturated rings. The van der Waals surface area contributed by atoms with Crippen LogP contribution < -0.4 is 5.32 Å². The molecular formula is C14H18N2O3S. The van der Waals surface area contributed by atoms with Gasteiger partial charge >= 0.3 is 0 Å². The summed E-state index contributed by atoms with van der Waals surface area (Å²) < 4.78 is 5.93. The van der Waals surface area contributed by atoms with Crippen LogP contribution in [0.2, 0.25) is 0 Å². The predicted molar refractivity (Wildman–Crippen MR) is 78.8 cm³/mol. The SMILES string of the molecule is COCC(O)CNC(=O)CCc1nc2ccccc2s1. The van der Waals surface area contributed by atoms with Gasteiger partial charge in [-0.3, -0.25) is 4.79 Å². The molecule has 1 heterocycles. The molecule has 2 aromatic rings. The van der Waals surface area contributed by atoms with Crippen LogP contribution in [-0.2, 0) is 16.0 Å². The van der Waals surface area contributed by atoms with Crippen molar-refractivity contribution in [3.8, 4) is 0 Å². The molecule has 5 nitrogen and oxygen atoms in total. The van der Waals surface area contributed by atoms with Crippen molar-refractivity contribution < 1.29 is 14.6 Å². The number of nitrogens with zero attached hydrogens (tertiary/aromatic N) is 1. The number of hydrogen-bond acceptors (Lipinski definition) is 5. The zero-order chi connectivity index (χ0) is 14.4. The molecule has 0 aliphatic rings. The van der Waals surface area contributed by atoms with E-state index < -0.39 is 6.10 Å². The van der Waals surface area contributed by atoms with Crippen molar-refractivity contribution in [2.75, 3.05) is 20.3 Å². The van der Waals surface area contributed by atoms with Crippen molar-refractivity contribution >= 4 is 27.5 Å². The van der Waals surface area contributed by atoms with E-state index in [2.05, 4.69) is 10.3 Å². The van der Waals surface area contributed by atoms with Gasteiger partial charge in [-0.1, -0.05) is 12.1 Å². The van der Waals surface area contributed by atoms with Gasteiger partial charge in [0.05, 0.1) is 27.9 Å². The molecule has 0 radical (unpaired) electrons. The Balaban J connectivity index is 1.78. The first-order valence-corrected chi connectivity index (χ1v) is 7.29. The quantitative estimate of drug-likeness (QED) is 0.808. The molecular weight excluding hydrogens is 276 g/mol. The number of carbonyl (C=O) groups is 1. The molecule has 2 N–H and O–H groups in total. The average Bonchev–Trinajstić information content (AvgIpc) is 2.86. The lowest BCUT2D eigenvalue weighted by molar-refractivity contribution is -0.121. The van der Waals surface area contributed by atoms with Crippen LogP contribution in [-0.4, -0.2) is 42.4 Å². The Hall–Kier alpha value is -1.50. The minimum Gasteiger partial charge on any atom is -0.389 e. The van der Waals surface area contributed by atoms with Crippen molar-refractivity contribution in [2.45, 2.75) is 18.9 Å². The number of ether oxygens (including phenoxy) is 1. The van der Waals surface area contributed by atoms with Crippen LogP contribution in [0.1, 0.15) is 11.4 Å². The van der Waals surface area contributed by atoms with E-state index in [1.165, 1.54) is 7.11 Å². The second-order valence-corrected chi connectivity index (χ2v) is 5.60. The van der Waals surface area contributed by atoms with E-state index in [0.717, 1.165) is 15.2 Å². The van der Waals surface area contributed by atoms with Gasteiger partial charge in [0.2, 0.25) is 5.91 Å². The monoisotopic (exact) mass is 294 g/mol. The summed E-state index contributed by atoms with van der Waals surface area (Å²) in [5, 5.41) is 13.1. The van der Waals surface area contributed by atoms with Crippen LogP contribution in [0, 0.1) is 0 Å². The van der Waals surface area contributed by atoms with Crippen LogP contribution in [0.25, 0.3) is 10.2 Å². The number of methoxy groups -OCH3 is 1. The largest absolute Gasteiger partial charge is 0.389 e. The van der Waals surface area contributed by atoms with Crippen molar-refractivity contribution in [2.24, 2.45) is 0 Å². The molecule has 1 aromatic carbocycles. The maximum absolute atomic E-state index is 11.7. The highest BCUT2D eigenvalue weighted by molar-refractivity contribution is 7.18. The van der Waals surface area contributed by atoms with Crippen LogP contribution in [0.5, 0.6) is 0 Å². The number of benzene rings is 1. The van der Waals surface area contributed by atoms with Gasteiger partial charge in [-0.15, -0.1) is 11.3 Å². The maximum atomic E-state index is 11.7. The van der Waals surface area contributed by atoms with Gasteiger partial charge in [-0.25, -0.2) is 4.98 Å². The lowest BCUT2D eigenvalue weighted by Crippen LogP contribution is -2.34. The molecule has 1 aromatic heterocycles. The highest BCUT2D eigenvalue weighted by Crippen LogP contribution is 2.22. The van der Waals surface area contributed by atoms with Gasteiger partial charge in [0, 0.05) is 26.5 Å². The zero-order valence-electron chi connectivity index (χ0n) is 11.3. The second-order valence-electron chi connectivity index (χ2n) is 4.49. The standard InChI is InChI=1S/C14H18N2O3S/c1-19-9-10(17)8-15-13(18)6-7-14-16-11-4-2-3-5-12(11)20-14/h2-5,10,17H,6-9H2,1H3,(H,15,18). The fourth-order valence-electron chi connectivity index (χ4n) is 1.82. The molecule has 1 amide bonds. The number of amides is 1. The summed E-state index contributed by atoms with van der Waals surface area (Å²) in [4.78, 5) is 16.1. The van der Waals surface area contributed by atoms with Crippen molar-refractivity contribution in [1.82, 2.24) is 10.3 Å². The van der Waals surface area contributed by atoms with E-state index in [4.69, 9.17) is 4.74 Å². The van der Waals surface area contributed by atoms with Crippen molar-refractivity contribution in [3.05, 3.63) is 29.3 Å². The lowest BCUT2D eigenvalue weighted by Gasteiger charge is -2.10. The molecule has 0 spiro atoms. The van der Waals surface area contributed by atoms with Gasteiger partial charge in [0.1, 0.15) is 0 Å². The summed E-state index contributed by atoms with van der Waals surface area (Å²) in [7, 11) is 1.51. The first-order valence-electron chi connectivity index (χ1n) is 6.47. The van der Waals surface area contributed by atoms with E-state index in [0.29, 0.717) is 12.8 Å². The first kappa shape index (κ1) is 14.9. The minimum atomic E-state index is -0.661. The maximum Gasteiger partial charge on any atom is 0.220 e. The van der Waals surface area contributed by atoms with Gasteiger partial charge in [-0.2, -0.15) is 0 Å². The number of carbonyl (C=O) groups excluding carboxylic acids is 1. The number of aliphatic hydroxyl groups is 1. The van der Waals surface area contributed by atoms with Crippen LogP contribution in [0.4, 0.5) is 0 Å². The average molecular weight is 294 g/mol. The fraction of sp³-hybridized carbons (Fsp3) is 0.429. The number of thiazole rings is 1. The molecule has 1 atom stereocenters. The highest BCUT2D eigenvalue weighted by Gasteiger charge is 2.09. The van der Waals surface area contributed by atoms with Crippen LogP contribution in [0.3, 0.4) is 0 Å². The highest BCUT2D eigenvalue weighted by atomic mass is 32.1. The molecule has 6 heteroatoms. The summed E-state index contributed by atoms with van der Waals surface area (Å²) in [6.45, 7) is 0.435. The Morgan fingerprint density at radius 2 is 2.30 bits per heavy atom. The summed E-state index contributed by atoms with van der Waals surface area (Å²) in [5.74, 6) is -0.0839. The molecule has 0 saturated heterocycles. The number of nitrogens with one attached hydrogen (secondary N) is 1. The normalized spacial score (nSPS) is 12.5. The molecule has 0 saturated carbocycles. The third kappa shape index (κ3) is 4.26. The fourth-order valence-corrected chi connectivity index (χ4v) is 2.79. The summed E-state index contributed by atoms with van der Waals surface area (Å²) in [5.41, 5.74) is 0.975. The molecule has 2 rings (SSSR count). The van der Waals surface area contributed by atoms with Crippen molar-refractivity contribution in [1.29, 1.82) is 0 Å².